The van der Waals surface area contributed by atoms with Gasteiger partial charge in [-0.25, -0.2) is 13.9 Å². The van der Waals surface area contributed by atoms with E-state index < -0.39 is 35.5 Å². The summed E-state index contributed by atoms with van der Waals surface area (Å²) < 4.78 is 56.4. The second kappa shape index (κ2) is 8.26. The predicted molar refractivity (Wildman–Crippen MR) is 107 cm³/mol. The van der Waals surface area contributed by atoms with Crippen LogP contribution in [0, 0.1) is 5.82 Å². The van der Waals surface area contributed by atoms with Crippen LogP contribution in [0.4, 0.5) is 23.4 Å². The standard InChI is InChI=1S/C20H21F4N5O3/c1-19(2,31)16(11-5-6-14(13(21)9-11)32-20(22,23)24)27-18(30)12-10-25-29-8-7-15(28(3)4)26-17(12)29/h5-10,16,31H,1-4H3,(H,27,30). The van der Waals surface area contributed by atoms with E-state index in [1.54, 1.807) is 31.3 Å². The monoisotopic (exact) mass is 455 g/mol. The molecule has 0 saturated carbocycles. The number of aromatic nitrogens is 3. The molecule has 0 fully saturated rings. The fraction of sp³-hybridized carbons (Fsp3) is 0.350. The number of hydrogen-bond donors (Lipinski definition) is 2. The first-order valence-corrected chi connectivity index (χ1v) is 9.36. The molecular formula is C20H21F4N5O3. The van der Waals surface area contributed by atoms with Crippen molar-refractivity contribution in [3.05, 3.63) is 53.6 Å². The molecule has 32 heavy (non-hydrogen) atoms. The van der Waals surface area contributed by atoms with Crippen molar-refractivity contribution in [3.63, 3.8) is 0 Å². The Bertz CT molecular complexity index is 1140. The average Bonchev–Trinajstić information content (AvgIpc) is 3.09. The molecule has 172 valence electrons. The molecule has 3 rings (SSSR count). The molecule has 2 heterocycles. The summed E-state index contributed by atoms with van der Waals surface area (Å²) in [7, 11) is 3.56. The van der Waals surface area contributed by atoms with Crippen molar-refractivity contribution < 1.29 is 32.2 Å². The predicted octanol–water partition coefficient (Wildman–Crippen LogP) is 3.08. The fourth-order valence-electron chi connectivity index (χ4n) is 3.05. The van der Waals surface area contributed by atoms with Crippen LogP contribution >= 0.6 is 0 Å². The van der Waals surface area contributed by atoms with Crippen LogP contribution in [-0.2, 0) is 0 Å². The molecule has 0 radical (unpaired) electrons. The molecule has 0 spiro atoms. The van der Waals surface area contributed by atoms with Gasteiger partial charge in [0.05, 0.1) is 17.8 Å². The van der Waals surface area contributed by atoms with E-state index in [2.05, 4.69) is 20.1 Å². The van der Waals surface area contributed by atoms with Gasteiger partial charge in [0.1, 0.15) is 11.4 Å². The summed E-state index contributed by atoms with van der Waals surface area (Å²) in [5.74, 6) is -2.40. The minimum atomic E-state index is -5.06. The number of carbonyl (C=O) groups is 1. The van der Waals surface area contributed by atoms with Crippen LogP contribution in [0.15, 0.2) is 36.7 Å². The maximum absolute atomic E-state index is 14.2. The smallest absolute Gasteiger partial charge is 0.403 e. The lowest BCUT2D eigenvalue weighted by atomic mass is 9.91. The van der Waals surface area contributed by atoms with Gasteiger partial charge in [-0.1, -0.05) is 6.07 Å². The van der Waals surface area contributed by atoms with Crippen molar-refractivity contribution in [2.75, 3.05) is 19.0 Å². The first-order chi connectivity index (χ1) is 14.8. The maximum atomic E-state index is 14.2. The second-order valence-electron chi connectivity index (χ2n) is 7.80. The number of alkyl halides is 3. The zero-order chi connectivity index (χ0) is 23.8. The van der Waals surface area contributed by atoms with Crippen LogP contribution < -0.4 is 15.0 Å². The molecule has 1 amide bonds. The molecule has 2 N–H and O–H groups in total. The highest BCUT2D eigenvalue weighted by Gasteiger charge is 2.34. The first-order valence-electron chi connectivity index (χ1n) is 9.36. The average molecular weight is 455 g/mol. The molecule has 1 unspecified atom stereocenters. The van der Waals surface area contributed by atoms with Gasteiger partial charge in [-0.2, -0.15) is 5.10 Å². The van der Waals surface area contributed by atoms with Crippen molar-refractivity contribution >= 4 is 17.4 Å². The number of ether oxygens (including phenoxy) is 1. The van der Waals surface area contributed by atoms with Crippen LogP contribution in [0.1, 0.15) is 35.8 Å². The van der Waals surface area contributed by atoms with Crippen molar-refractivity contribution in [1.29, 1.82) is 0 Å². The summed E-state index contributed by atoms with van der Waals surface area (Å²) in [5.41, 5.74) is -1.21. The Morgan fingerprint density at radius 1 is 1.25 bits per heavy atom. The summed E-state index contributed by atoms with van der Waals surface area (Å²) >= 11 is 0. The van der Waals surface area contributed by atoms with E-state index in [1.165, 1.54) is 24.6 Å². The normalized spacial score (nSPS) is 13.2. The molecule has 0 saturated heterocycles. The Labute approximate surface area is 180 Å². The lowest BCUT2D eigenvalue weighted by molar-refractivity contribution is -0.275. The highest BCUT2D eigenvalue weighted by atomic mass is 19.4. The molecule has 3 aromatic rings. The zero-order valence-electron chi connectivity index (χ0n) is 17.6. The number of hydrogen-bond acceptors (Lipinski definition) is 6. The Morgan fingerprint density at radius 2 is 1.94 bits per heavy atom. The third-order valence-corrected chi connectivity index (χ3v) is 4.55. The third-order valence-electron chi connectivity index (χ3n) is 4.55. The first kappa shape index (κ1) is 23.3. The summed E-state index contributed by atoms with van der Waals surface area (Å²) in [5, 5.41) is 17.2. The van der Waals surface area contributed by atoms with E-state index in [-0.39, 0.29) is 16.8 Å². The van der Waals surface area contributed by atoms with Crippen molar-refractivity contribution in [1.82, 2.24) is 19.9 Å². The van der Waals surface area contributed by atoms with Crippen molar-refractivity contribution in [3.8, 4) is 5.75 Å². The molecule has 12 heteroatoms. The number of halogens is 4. The van der Waals surface area contributed by atoms with E-state index in [0.717, 1.165) is 18.2 Å². The number of nitrogens with one attached hydrogen (secondary N) is 1. The maximum Gasteiger partial charge on any atom is 0.573 e. The second-order valence-corrected chi connectivity index (χ2v) is 7.80. The lowest BCUT2D eigenvalue weighted by Crippen LogP contribution is -2.42. The molecule has 0 bridgehead atoms. The van der Waals surface area contributed by atoms with Crippen LogP contribution in [0.5, 0.6) is 5.75 Å². The van der Waals surface area contributed by atoms with E-state index in [0.29, 0.717) is 5.82 Å². The largest absolute Gasteiger partial charge is 0.573 e. The van der Waals surface area contributed by atoms with Gasteiger partial charge in [-0.15, -0.1) is 13.2 Å². The Hall–Kier alpha value is -3.41. The van der Waals surface area contributed by atoms with Crippen LogP contribution in [0.3, 0.4) is 0 Å². The molecule has 1 atom stereocenters. The van der Waals surface area contributed by atoms with Crippen LogP contribution in [0.2, 0.25) is 0 Å². The molecule has 0 aliphatic heterocycles. The Morgan fingerprint density at radius 3 is 2.50 bits per heavy atom. The van der Waals surface area contributed by atoms with Crippen molar-refractivity contribution in [2.24, 2.45) is 0 Å². The topological polar surface area (TPSA) is 92.0 Å². The number of carbonyl (C=O) groups excluding carboxylic acids is 1. The molecule has 0 aliphatic carbocycles. The van der Waals surface area contributed by atoms with Crippen LogP contribution in [0.25, 0.3) is 5.65 Å². The van der Waals surface area contributed by atoms with Gasteiger partial charge in [0.25, 0.3) is 5.91 Å². The third kappa shape index (κ3) is 5.07. The number of aliphatic hydroxyl groups is 1. The highest BCUT2D eigenvalue weighted by Crippen LogP contribution is 2.31. The molecule has 2 aromatic heterocycles. The fourth-order valence-corrected chi connectivity index (χ4v) is 3.05. The summed E-state index contributed by atoms with van der Waals surface area (Å²) in [6.07, 6.45) is -2.15. The van der Waals surface area contributed by atoms with E-state index in [9.17, 15) is 27.5 Å². The quantitative estimate of drug-likeness (QED) is 0.555. The van der Waals surface area contributed by atoms with Crippen molar-refractivity contribution in [2.45, 2.75) is 31.9 Å². The number of benzene rings is 1. The van der Waals surface area contributed by atoms with Gasteiger partial charge >= 0.3 is 6.36 Å². The van der Waals surface area contributed by atoms with Gasteiger partial charge < -0.3 is 20.1 Å². The van der Waals surface area contributed by atoms with E-state index >= 15 is 0 Å². The van der Waals surface area contributed by atoms with Gasteiger partial charge in [-0.05, 0) is 37.6 Å². The van der Waals surface area contributed by atoms with Gasteiger partial charge in [0.15, 0.2) is 17.2 Å². The Balaban J connectivity index is 1.93. The molecule has 8 nitrogen and oxygen atoms in total. The highest BCUT2D eigenvalue weighted by molar-refractivity contribution is 6.00. The number of rotatable bonds is 6. The summed E-state index contributed by atoms with van der Waals surface area (Å²) in [4.78, 5) is 19.1. The summed E-state index contributed by atoms with van der Waals surface area (Å²) in [6, 6.07) is 3.21. The zero-order valence-corrected chi connectivity index (χ0v) is 17.6. The van der Waals surface area contributed by atoms with Gasteiger partial charge in [-0.3, -0.25) is 4.79 Å². The minimum absolute atomic E-state index is 0.0382. The number of nitrogens with zero attached hydrogens (tertiary/aromatic N) is 4. The van der Waals surface area contributed by atoms with E-state index in [4.69, 9.17) is 0 Å². The van der Waals surface area contributed by atoms with Gasteiger partial charge in [0.2, 0.25) is 0 Å². The number of fused-ring (bicyclic) bond motifs is 1. The minimum Gasteiger partial charge on any atom is -0.403 e. The Kier molecular flexibility index (Phi) is 6.00. The molecular weight excluding hydrogens is 434 g/mol. The lowest BCUT2D eigenvalue weighted by Gasteiger charge is -2.30. The molecule has 0 aliphatic rings. The summed E-state index contributed by atoms with van der Waals surface area (Å²) in [6.45, 7) is 2.74. The SMILES string of the molecule is CN(C)c1ccn2ncc(C(=O)NC(c3ccc(OC(F)(F)F)c(F)c3)C(C)(C)O)c2n1. The number of anilines is 1. The van der Waals surface area contributed by atoms with Crippen LogP contribution in [-0.4, -0.2) is 51.7 Å². The number of amides is 1. The van der Waals surface area contributed by atoms with Gasteiger partial charge in [0, 0.05) is 20.3 Å². The van der Waals surface area contributed by atoms with E-state index in [1.807, 2.05) is 0 Å². The molecule has 1 aromatic carbocycles.